The summed E-state index contributed by atoms with van der Waals surface area (Å²) >= 11 is 1.38. The number of carbonyl (C=O) groups excluding carboxylic acids is 2. The van der Waals surface area contributed by atoms with Crippen molar-refractivity contribution in [3.63, 3.8) is 0 Å². The highest BCUT2D eigenvalue weighted by Crippen LogP contribution is 2.37. The van der Waals surface area contributed by atoms with Crippen molar-refractivity contribution in [2.75, 3.05) is 39.1 Å². The number of thiophene rings is 1. The van der Waals surface area contributed by atoms with Crippen LogP contribution in [0.5, 0.6) is 0 Å². The molecule has 10 heteroatoms. The van der Waals surface area contributed by atoms with Crippen molar-refractivity contribution in [3.05, 3.63) is 45.8 Å². The van der Waals surface area contributed by atoms with Gasteiger partial charge in [-0.1, -0.05) is 6.92 Å². The number of nitrogens with zero attached hydrogens (tertiary/aromatic N) is 2. The van der Waals surface area contributed by atoms with E-state index in [0.29, 0.717) is 48.1 Å². The Labute approximate surface area is 198 Å². The molecule has 2 aliphatic rings. The molecule has 1 fully saturated rings. The molecule has 3 heterocycles. The number of hydrogen-bond donors (Lipinski definition) is 1. The first kappa shape index (κ1) is 23.9. The number of amides is 1. The van der Waals surface area contributed by atoms with Gasteiger partial charge < -0.3 is 15.0 Å². The standard InChI is InChI=1S/C23H29N3O5S2/c1-15-8-12-26(13-9-15)33(29,30)17-6-4-16(5-7-17)21(27)24-22-20(23(28)31-3)18-10-11-25(2)14-19(18)32-22/h4-7,15H,8-14H2,1-3H3,(H,24,27). The Bertz CT molecular complexity index is 1150. The number of sulfonamides is 1. The highest BCUT2D eigenvalue weighted by atomic mass is 32.2. The Balaban J connectivity index is 1.53. The lowest BCUT2D eigenvalue weighted by Crippen LogP contribution is -2.37. The van der Waals surface area contributed by atoms with Crippen LogP contribution in [0, 0.1) is 5.92 Å². The summed E-state index contributed by atoms with van der Waals surface area (Å²) < 4.78 is 32.3. The molecule has 2 aromatic rings. The number of nitrogens with one attached hydrogen (secondary N) is 1. The van der Waals surface area contributed by atoms with Crippen LogP contribution < -0.4 is 5.32 Å². The number of hydrogen-bond acceptors (Lipinski definition) is 7. The summed E-state index contributed by atoms with van der Waals surface area (Å²) in [4.78, 5) is 28.7. The molecule has 2 aliphatic heterocycles. The number of ether oxygens (including phenoxy) is 1. The summed E-state index contributed by atoms with van der Waals surface area (Å²) in [6, 6.07) is 5.96. The van der Waals surface area contributed by atoms with Crippen molar-refractivity contribution in [1.29, 1.82) is 0 Å². The van der Waals surface area contributed by atoms with Gasteiger partial charge in [-0.05, 0) is 62.1 Å². The van der Waals surface area contributed by atoms with E-state index in [9.17, 15) is 18.0 Å². The Hall–Kier alpha value is -2.27. The topological polar surface area (TPSA) is 96.0 Å². The zero-order valence-corrected chi connectivity index (χ0v) is 20.7. The normalized spacial score (nSPS) is 18.0. The van der Waals surface area contributed by atoms with Crippen LogP contribution in [0.3, 0.4) is 0 Å². The van der Waals surface area contributed by atoms with Crippen LogP contribution in [0.25, 0.3) is 0 Å². The highest BCUT2D eigenvalue weighted by Gasteiger charge is 2.30. The monoisotopic (exact) mass is 491 g/mol. The summed E-state index contributed by atoms with van der Waals surface area (Å²) in [6.07, 6.45) is 2.41. The van der Waals surface area contributed by atoms with E-state index in [4.69, 9.17) is 4.74 Å². The molecule has 0 spiro atoms. The van der Waals surface area contributed by atoms with Gasteiger partial charge in [0.05, 0.1) is 17.6 Å². The predicted molar refractivity (Wildman–Crippen MR) is 127 cm³/mol. The SMILES string of the molecule is COC(=O)c1c(NC(=O)c2ccc(S(=O)(=O)N3CCC(C)CC3)cc2)sc2c1CCN(C)C2. The maximum Gasteiger partial charge on any atom is 0.341 e. The first-order chi connectivity index (χ1) is 15.7. The number of rotatable bonds is 5. The average molecular weight is 492 g/mol. The molecule has 33 heavy (non-hydrogen) atoms. The van der Waals surface area contributed by atoms with E-state index in [1.807, 2.05) is 7.05 Å². The zero-order chi connectivity index (χ0) is 23.8. The molecular weight excluding hydrogens is 462 g/mol. The minimum Gasteiger partial charge on any atom is -0.465 e. The molecule has 8 nitrogen and oxygen atoms in total. The first-order valence-corrected chi connectivity index (χ1v) is 13.3. The van der Waals surface area contributed by atoms with Crippen LogP contribution in [-0.4, -0.2) is 63.3 Å². The molecule has 1 aromatic carbocycles. The smallest absolute Gasteiger partial charge is 0.341 e. The molecule has 0 atom stereocenters. The van der Waals surface area contributed by atoms with Crippen molar-refractivity contribution in [3.8, 4) is 0 Å². The number of piperidine rings is 1. The number of fused-ring (bicyclic) bond motifs is 1. The molecule has 0 unspecified atom stereocenters. The summed E-state index contributed by atoms with van der Waals surface area (Å²) in [5.41, 5.74) is 1.66. The van der Waals surface area contributed by atoms with Crippen LogP contribution in [0.1, 0.15) is 50.9 Å². The van der Waals surface area contributed by atoms with Gasteiger partial charge in [0, 0.05) is 36.6 Å². The van der Waals surface area contributed by atoms with Crippen molar-refractivity contribution in [1.82, 2.24) is 9.21 Å². The number of anilines is 1. The Morgan fingerprint density at radius 3 is 2.42 bits per heavy atom. The van der Waals surface area contributed by atoms with Gasteiger partial charge in [0.15, 0.2) is 0 Å². The molecule has 1 N–H and O–H groups in total. The van der Waals surface area contributed by atoms with Gasteiger partial charge in [-0.15, -0.1) is 11.3 Å². The molecule has 4 rings (SSSR count). The highest BCUT2D eigenvalue weighted by molar-refractivity contribution is 7.89. The van der Waals surface area contributed by atoms with Gasteiger partial charge in [-0.2, -0.15) is 4.31 Å². The maximum atomic E-state index is 12.9. The summed E-state index contributed by atoms with van der Waals surface area (Å²) in [5, 5.41) is 3.31. The Morgan fingerprint density at radius 2 is 1.79 bits per heavy atom. The van der Waals surface area contributed by atoms with Crippen molar-refractivity contribution < 1.29 is 22.7 Å². The Kier molecular flexibility index (Phi) is 6.90. The zero-order valence-electron chi connectivity index (χ0n) is 19.1. The van der Waals surface area contributed by atoms with Crippen LogP contribution in [0.15, 0.2) is 29.2 Å². The third-order valence-corrected chi connectivity index (χ3v) is 9.41. The predicted octanol–water partition coefficient (Wildman–Crippen LogP) is 3.20. The van der Waals surface area contributed by atoms with E-state index >= 15 is 0 Å². The summed E-state index contributed by atoms with van der Waals surface area (Å²) in [5.74, 6) is -0.340. The summed E-state index contributed by atoms with van der Waals surface area (Å²) in [6.45, 7) is 4.69. The third kappa shape index (κ3) is 4.84. The van der Waals surface area contributed by atoms with Gasteiger partial charge in [0.25, 0.3) is 5.91 Å². The molecule has 0 bridgehead atoms. The van der Waals surface area contributed by atoms with E-state index in [1.165, 1.54) is 47.0 Å². The number of carbonyl (C=O) groups is 2. The second-order valence-electron chi connectivity index (χ2n) is 8.75. The quantitative estimate of drug-likeness (QED) is 0.646. The lowest BCUT2D eigenvalue weighted by atomic mass is 10.0. The van der Waals surface area contributed by atoms with Gasteiger partial charge in [-0.25, -0.2) is 13.2 Å². The average Bonchev–Trinajstić information content (AvgIpc) is 3.15. The first-order valence-electron chi connectivity index (χ1n) is 11.0. The van der Waals surface area contributed by atoms with E-state index in [2.05, 4.69) is 17.1 Å². The van der Waals surface area contributed by atoms with E-state index < -0.39 is 21.9 Å². The number of benzene rings is 1. The van der Waals surface area contributed by atoms with Gasteiger partial charge in [-0.3, -0.25) is 4.79 Å². The lowest BCUT2D eigenvalue weighted by molar-refractivity contribution is 0.0600. The molecule has 0 radical (unpaired) electrons. The Morgan fingerprint density at radius 1 is 1.12 bits per heavy atom. The maximum absolute atomic E-state index is 12.9. The number of likely N-dealkylation sites (N-methyl/N-ethyl adjacent to an activating group) is 1. The van der Waals surface area contributed by atoms with E-state index in [-0.39, 0.29) is 4.90 Å². The fourth-order valence-corrected chi connectivity index (χ4v) is 7.05. The van der Waals surface area contributed by atoms with Crippen molar-refractivity contribution in [2.45, 2.75) is 37.6 Å². The second kappa shape index (κ2) is 9.54. The minimum atomic E-state index is -3.58. The van der Waals surface area contributed by atoms with Gasteiger partial charge in [0.2, 0.25) is 10.0 Å². The molecule has 1 saturated heterocycles. The van der Waals surface area contributed by atoms with Crippen LogP contribution in [0.2, 0.25) is 0 Å². The fraction of sp³-hybridized carbons (Fsp3) is 0.478. The molecular formula is C23H29N3O5S2. The molecule has 0 saturated carbocycles. The number of methoxy groups -OCH3 is 1. The van der Waals surface area contributed by atoms with Crippen LogP contribution in [-0.2, 0) is 27.7 Å². The third-order valence-electron chi connectivity index (χ3n) is 6.36. The van der Waals surface area contributed by atoms with Gasteiger partial charge in [0.1, 0.15) is 5.00 Å². The largest absolute Gasteiger partial charge is 0.465 e. The summed E-state index contributed by atoms with van der Waals surface area (Å²) in [7, 11) is -0.236. The second-order valence-corrected chi connectivity index (χ2v) is 11.8. The van der Waals surface area contributed by atoms with Crippen LogP contribution >= 0.6 is 11.3 Å². The number of esters is 1. The van der Waals surface area contributed by atoms with Crippen molar-refractivity contribution in [2.24, 2.45) is 5.92 Å². The van der Waals surface area contributed by atoms with E-state index in [1.54, 1.807) is 0 Å². The fourth-order valence-electron chi connectivity index (χ4n) is 4.27. The van der Waals surface area contributed by atoms with E-state index in [0.717, 1.165) is 29.8 Å². The van der Waals surface area contributed by atoms with Crippen LogP contribution in [0.4, 0.5) is 5.00 Å². The molecule has 0 aliphatic carbocycles. The molecule has 178 valence electrons. The molecule has 1 aromatic heterocycles. The minimum absolute atomic E-state index is 0.179. The van der Waals surface area contributed by atoms with Crippen molar-refractivity contribution >= 4 is 38.2 Å². The van der Waals surface area contributed by atoms with Gasteiger partial charge >= 0.3 is 5.97 Å². The molecule has 1 amide bonds. The lowest BCUT2D eigenvalue weighted by Gasteiger charge is -2.29.